The van der Waals surface area contributed by atoms with Crippen molar-refractivity contribution in [3.8, 4) is 0 Å². The van der Waals surface area contributed by atoms with Crippen molar-refractivity contribution in [2.45, 2.75) is 26.1 Å². The highest BCUT2D eigenvalue weighted by atomic mass is 35.5. The number of alkyl halides is 1. The van der Waals surface area contributed by atoms with Crippen molar-refractivity contribution in [1.82, 2.24) is 0 Å². The number of hydrogen-bond donors (Lipinski definition) is 1. The number of nitrogens with two attached hydrogens (primary N) is 1. The van der Waals surface area contributed by atoms with Crippen LogP contribution in [-0.2, 0) is 12.2 Å². The van der Waals surface area contributed by atoms with Crippen LogP contribution in [0.1, 0.15) is 25.0 Å². The summed E-state index contributed by atoms with van der Waals surface area (Å²) in [5.41, 5.74) is 6.81. The molecule has 0 atom stereocenters. The predicted octanol–water partition coefficient (Wildman–Crippen LogP) is 3.00. The lowest BCUT2D eigenvalue weighted by molar-refractivity contribution is 0.484. The molecule has 0 heterocycles. The van der Waals surface area contributed by atoms with E-state index in [0.717, 1.165) is 5.56 Å². The fourth-order valence-electron chi connectivity index (χ4n) is 1.16. The molecule has 1 nitrogen and oxygen atoms in total. The molecule has 0 amide bonds. The molecule has 0 aliphatic rings. The van der Waals surface area contributed by atoms with E-state index in [1.165, 1.54) is 0 Å². The van der Waals surface area contributed by atoms with E-state index in [1.807, 2.05) is 13.8 Å². The van der Waals surface area contributed by atoms with Crippen molar-refractivity contribution in [2.24, 2.45) is 5.73 Å². The SMILES string of the molecule is CC(C)(N)c1ccc(CF)cc1Cl. The molecule has 0 saturated heterocycles. The van der Waals surface area contributed by atoms with Gasteiger partial charge in [0.2, 0.25) is 0 Å². The summed E-state index contributed by atoms with van der Waals surface area (Å²) in [5, 5.41) is 0.530. The van der Waals surface area contributed by atoms with Crippen LogP contribution in [0.2, 0.25) is 5.02 Å². The minimum Gasteiger partial charge on any atom is -0.322 e. The molecule has 0 radical (unpaired) electrons. The van der Waals surface area contributed by atoms with Gasteiger partial charge in [0.05, 0.1) is 0 Å². The molecule has 0 aromatic heterocycles. The van der Waals surface area contributed by atoms with Gasteiger partial charge in [-0.15, -0.1) is 0 Å². The number of benzene rings is 1. The molecule has 0 aliphatic carbocycles. The summed E-state index contributed by atoms with van der Waals surface area (Å²) in [7, 11) is 0. The van der Waals surface area contributed by atoms with E-state index < -0.39 is 12.2 Å². The monoisotopic (exact) mass is 201 g/mol. The molecule has 0 aliphatic heterocycles. The zero-order valence-electron chi connectivity index (χ0n) is 7.77. The van der Waals surface area contributed by atoms with Crippen LogP contribution in [0, 0.1) is 0 Å². The summed E-state index contributed by atoms with van der Waals surface area (Å²) in [6, 6.07) is 5.10. The molecule has 2 N–H and O–H groups in total. The van der Waals surface area contributed by atoms with Crippen LogP contribution in [0.3, 0.4) is 0 Å². The maximum atomic E-state index is 12.2. The van der Waals surface area contributed by atoms with Gasteiger partial charge in [-0.25, -0.2) is 4.39 Å². The van der Waals surface area contributed by atoms with Gasteiger partial charge in [-0.2, -0.15) is 0 Å². The van der Waals surface area contributed by atoms with E-state index in [4.69, 9.17) is 17.3 Å². The lowest BCUT2D eigenvalue weighted by atomic mass is 9.95. The third kappa shape index (κ3) is 2.42. The first kappa shape index (κ1) is 10.5. The summed E-state index contributed by atoms with van der Waals surface area (Å²) in [6.45, 7) is 3.23. The number of hydrogen-bond acceptors (Lipinski definition) is 1. The standard InChI is InChI=1S/C10H13ClFN/c1-10(2,13)8-4-3-7(6-12)5-9(8)11/h3-5H,6,13H2,1-2H3. The second kappa shape index (κ2) is 3.64. The molecular formula is C10H13ClFN. The highest BCUT2D eigenvalue weighted by molar-refractivity contribution is 6.31. The van der Waals surface area contributed by atoms with Gasteiger partial charge in [0, 0.05) is 10.6 Å². The minimum absolute atomic E-state index is 0.480. The Bertz CT molecular complexity index is 304. The molecule has 0 bridgehead atoms. The first-order valence-corrected chi connectivity index (χ1v) is 4.46. The Morgan fingerprint density at radius 3 is 2.46 bits per heavy atom. The Kier molecular flexibility index (Phi) is 2.94. The topological polar surface area (TPSA) is 26.0 Å². The quantitative estimate of drug-likeness (QED) is 0.782. The van der Waals surface area contributed by atoms with Crippen LogP contribution in [0.5, 0.6) is 0 Å². The summed E-state index contributed by atoms with van der Waals surface area (Å²) >= 11 is 5.95. The summed E-state index contributed by atoms with van der Waals surface area (Å²) < 4.78 is 12.2. The number of rotatable bonds is 2. The van der Waals surface area contributed by atoms with Crippen molar-refractivity contribution in [3.05, 3.63) is 34.3 Å². The van der Waals surface area contributed by atoms with E-state index in [2.05, 4.69) is 0 Å². The van der Waals surface area contributed by atoms with Gasteiger partial charge in [0.1, 0.15) is 6.67 Å². The average molecular weight is 202 g/mol. The van der Waals surface area contributed by atoms with Crippen molar-refractivity contribution in [1.29, 1.82) is 0 Å². The molecule has 0 saturated carbocycles. The van der Waals surface area contributed by atoms with E-state index in [1.54, 1.807) is 18.2 Å². The van der Waals surface area contributed by atoms with Crippen LogP contribution in [0.15, 0.2) is 18.2 Å². The molecule has 0 unspecified atom stereocenters. The lowest BCUT2D eigenvalue weighted by Gasteiger charge is -2.20. The van der Waals surface area contributed by atoms with E-state index in [-0.39, 0.29) is 0 Å². The van der Waals surface area contributed by atoms with Gasteiger partial charge in [0.25, 0.3) is 0 Å². The summed E-state index contributed by atoms with van der Waals surface area (Å²) in [5.74, 6) is 0. The fraction of sp³-hybridized carbons (Fsp3) is 0.400. The zero-order valence-corrected chi connectivity index (χ0v) is 8.53. The Hall–Kier alpha value is -0.600. The number of halogens is 2. The Morgan fingerprint density at radius 1 is 1.46 bits per heavy atom. The molecular weight excluding hydrogens is 189 g/mol. The van der Waals surface area contributed by atoms with Crippen molar-refractivity contribution in [3.63, 3.8) is 0 Å². The van der Waals surface area contributed by atoms with Crippen LogP contribution < -0.4 is 5.73 Å². The van der Waals surface area contributed by atoms with Crippen LogP contribution in [0.25, 0.3) is 0 Å². The Morgan fingerprint density at radius 2 is 2.08 bits per heavy atom. The smallest absolute Gasteiger partial charge is 0.115 e. The van der Waals surface area contributed by atoms with Crippen LogP contribution in [-0.4, -0.2) is 0 Å². The molecule has 3 heteroatoms. The maximum Gasteiger partial charge on any atom is 0.115 e. The minimum atomic E-state index is -0.495. The van der Waals surface area contributed by atoms with E-state index >= 15 is 0 Å². The van der Waals surface area contributed by atoms with Crippen LogP contribution in [0.4, 0.5) is 4.39 Å². The van der Waals surface area contributed by atoms with Crippen molar-refractivity contribution < 1.29 is 4.39 Å². The van der Waals surface area contributed by atoms with Gasteiger partial charge >= 0.3 is 0 Å². The third-order valence-electron chi connectivity index (χ3n) is 1.88. The van der Waals surface area contributed by atoms with E-state index in [9.17, 15) is 4.39 Å². The van der Waals surface area contributed by atoms with Gasteiger partial charge in [-0.3, -0.25) is 0 Å². The van der Waals surface area contributed by atoms with Crippen molar-refractivity contribution >= 4 is 11.6 Å². The maximum absolute atomic E-state index is 12.2. The Balaban J connectivity index is 3.13. The predicted molar refractivity (Wildman–Crippen MR) is 53.5 cm³/mol. The lowest BCUT2D eigenvalue weighted by Crippen LogP contribution is -2.28. The Labute approximate surface area is 82.7 Å². The zero-order chi connectivity index (χ0) is 10.1. The second-order valence-corrected chi connectivity index (χ2v) is 4.08. The molecule has 0 fully saturated rings. The molecule has 72 valence electrons. The highest BCUT2D eigenvalue weighted by Crippen LogP contribution is 2.26. The van der Waals surface area contributed by atoms with Gasteiger partial charge in [-0.05, 0) is 31.0 Å². The second-order valence-electron chi connectivity index (χ2n) is 3.67. The van der Waals surface area contributed by atoms with E-state index in [0.29, 0.717) is 10.6 Å². The molecule has 1 aromatic carbocycles. The largest absolute Gasteiger partial charge is 0.322 e. The van der Waals surface area contributed by atoms with Gasteiger partial charge in [-0.1, -0.05) is 23.7 Å². The van der Waals surface area contributed by atoms with Gasteiger partial charge < -0.3 is 5.73 Å². The normalized spacial score (nSPS) is 11.8. The molecule has 0 spiro atoms. The average Bonchev–Trinajstić information content (AvgIpc) is 2.01. The molecule has 13 heavy (non-hydrogen) atoms. The molecule has 1 aromatic rings. The first-order valence-electron chi connectivity index (χ1n) is 4.09. The highest BCUT2D eigenvalue weighted by Gasteiger charge is 2.17. The van der Waals surface area contributed by atoms with Gasteiger partial charge in [0.15, 0.2) is 0 Å². The van der Waals surface area contributed by atoms with Crippen LogP contribution >= 0.6 is 11.6 Å². The summed E-state index contributed by atoms with van der Waals surface area (Å²) in [6.07, 6.45) is 0. The summed E-state index contributed by atoms with van der Waals surface area (Å²) in [4.78, 5) is 0. The first-order chi connectivity index (χ1) is 5.95. The molecule has 1 rings (SSSR count). The third-order valence-corrected chi connectivity index (χ3v) is 2.19. The van der Waals surface area contributed by atoms with Crippen molar-refractivity contribution in [2.75, 3.05) is 0 Å². The fourth-order valence-corrected chi connectivity index (χ4v) is 1.61.